The van der Waals surface area contributed by atoms with Crippen LogP contribution < -0.4 is 10.7 Å². The van der Waals surface area contributed by atoms with Crippen LogP contribution in [0.15, 0.2) is 29.1 Å². The number of hydrogen-bond acceptors (Lipinski definition) is 4. The summed E-state index contributed by atoms with van der Waals surface area (Å²) in [6, 6.07) is 7.20. The average molecular weight is 342 g/mol. The number of amides is 1. The third-order valence-corrected chi connectivity index (χ3v) is 4.86. The lowest BCUT2D eigenvalue weighted by molar-refractivity contribution is 0.0942. The summed E-state index contributed by atoms with van der Waals surface area (Å²) in [5.41, 5.74) is 0.382. The van der Waals surface area contributed by atoms with Gasteiger partial charge >= 0.3 is 0 Å². The first-order valence-corrected chi connectivity index (χ1v) is 9.03. The van der Waals surface area contributed by atoms with Gasteiger partial charge in [0.15, 0.2) is 5.69 Å². The molecule has 0 spiro atoms. The molecule has 25 heavy (non-hydrogen) atoms. The minimum Gasteiger partial charge on any atom is -0.350 e. The van der Waals surface area contributed by atoms with Gasteiger partial charge in [-0.05, 0) is 50.4 Å². The van der Waals surface area contributed by atoms with Gasteiger partial charge in [0, 0.05) is 25.5 Å². The summed E-state index contributed by atoms with van der Waals surface area (Å²) in [6.07, 6.45) is 3.45. The van der Waals surface area contributed by atoms with Gasteiger partial charge < -0.3 is 10.2 Å². The standard InChI is InChI=1S/C19H26N4O2/c1-14-7-5-11-23(13-14)12-6-10-20-19(25)17-18(24)15-8-3-4-9-16(15)22(2)21-17/h3-4,8-9,14H,5-7,10-13H2,1-2H3,(H,20,25)/t14-/m0/s1. The van der Waals surface area contributed by atoms with Gasteiger partial charge in [-0.25, -0.2) is 0 Å². The van der Waals surface area contributed by atoms with Crippen LogP contribution in [0.5, 0.6) is 0 Å². The summed E-state index contributed by atoms with van der Waals surface area (Å²) in [6.45, 7) is 6.11. The van der Waals surface area contributed by atoms with Gasteiger partial charge in [-0.2, -0.15) is 5.10 Å². The van der Waals surface area contributed by atoms with E-state index in [0.717, 1.165) is 37.5 Å². The SMILES string of the molecule is C[C@H]1CCCN(CCCNC(=O)c2nn(C)c3ccccc3c2=O)C1. The van der Waals surface area contributed by atoms with E-state index in [1.807, 2.05) is 12.1 Å². The summed E-state index contributed by atoms with van der Waals surface area (Å²) in [7, 11) is 1.75. The summed E-state index contributed by atoms with van der Waals surface area (Å²) >= 11 is 0. The van der Waals surface area contributed by atoms with Crippen molar-refractivity contribution in [2.24, 2.45) is 13.0 Å². The quantitative estimate of drug-likeness (QED) is 0.841. The van der Waals surface area contributed by atoms with Crippen molar-refractivity contribution in [1.82, 2.24) is 20.0 Å². The van der Waals surface area contributed by atoms with E-state index in [0.29, 0.717) is 11.9 Å². The molecule has 0 unspecified atom stereocenters. The Labute approximate surface area is 147 Å². The number of nitrogens with one attached hydrogen (secondary N) is 1. The van der Waals surface area contributed by atoms with Crippen LogP contribution in [0.4, 0.5) is 0 Å². The number of likely N-dealkylation sites (tertiary alicyclic amines) is 1. The number of hydrogen-bond donors (Lipinski definition) is 1. The second-order valence-electron chi connectivity index (χ2n) is 6.98. The van der Waals surface area contributed by atoms with Crippen LogP contribution in [0, 0.1) is 5.92 Å². The number of nitrogens with zero attached hydrogens (tertiary/aromatic N) is 3. The average Bonchev–Trinajstić information content (AvgIpc) is 2.62. The number of piperidine rings is 1. The van der Waals surface area contributed by atoms with Crippen LogP contribution in [0.25, 0.3) is 10.9 Å². The largest absolute Gasteiger partial charge is 0.350 e. The first-order chi connectivity index (χ1) is 12.1. The Morgan fingerprint density at radius 3 is 2.96 bits per heavy atom. The zero-order chi connectivity index (χ0) is 17.8. The first kappa shape index (κ1) is 17.6. The second-order valence-corrected chi connectivity index (χ2v) is 6.98. The highest BCUT2D eigenvalue weighted by atomic mass is 16.2. The Bertz CT molecular complexity index is 815. The number of rotatable bonds is 5. The lowest BCUT2D eigenvalue weighted by atomic mass is 10.0. The Morgan fingerprint density at radius 1 is 1.36 bits per heavy atom. The molecular weight excluding hydrogens is 316 g/mol. The molecule has 3 rings (SSSR count). The highest BCUT2D eigenvalue weighted by molar-refractivity contribution is 5.95. The number of aryl methyl sites for hydroxylation is 1. The molecule has 1 aromatic heterocycles. The molecule has 1 N–H and O–H groups in total. The summed E-state index contributed by atoms with van der Waals surface area (Å²) in [5.74, 6) is 0.367. The van der Waals surface area contributed by atoms with E-state index in [9.17, 15) is 9.59 Å². The van der Waals surface area contributed by atoms with Gasteiger partial charge in [-0.15, -0.1) is 0 Å². The van der Waals surface area contributed by atoms with Gasteiger partial charge in [-0.1, -0.05) is 19.1 Å². The van der Waals surface area contributed by atoms with Crippen molar-refractivity contribution in [2.75, 3.05) is 26.2 Å². The first-order valence-electron chi connectivity index (χ1n) is 9.03. The lowest BCUT2D eigenvalue weighted by Gasteiger charge is -2.30. The van der Waals surface area contributed by atoms with Crippen molar-refractivity contribution in [3.05, 3.63) is 40.2 Å². The molecule has 1 fully saturated rings. The third-order valence-electron chi connectivity index (χ3n) is 4.86. The maximum Gasteiger partial charge on any atom is 0.275 e. The fourth-order valence-corrected chi connectivity index (χ4v) is 3.55. The molecular formula is C19H26N4O2. The van der Waals surface area contributed by atoms with E-state index in [1.54, 1.807) is 23.9 Å². The highest BCUT2D eigenvalue weighted by Gasteiger charge is 2.17. The number of carbonyl (C=O) groups is 1. The Morgan fingerprint density at radius 2 is 2.16 bits per heavy atom. The van der Waals surface area contributed by atoms with Crippen LogP contribution in [-0.4, -0.2) is 46.8 Å². The molecule has 0 radical (unpaired) electrons. The minimum atomic E-state index is -0.390. The molecule has 1 aromatic carbocycles. The van der Waals surface area contributed by atoms with E-state index in [-0.39, 0.29) is 11.1 Å². The lowest BCUT2D eigenvalue weighted by Crippen LogP contribution is -2.37. The summed E-state index contributed by atoms with van der Waals surface area (Å²) in [4.78, 5) is 27.3. The van der Waals surface area contributed by atoms with Crippen molar-refractivity contribution in [2.45, 2.75) is 26.2 Å². The molecule has 1 atom stereocenters. The van der Waals surface area contributed by atoms with Crippen LogP contribution in [0.1, 0.15) is 36.7 Å². The summed E-state index contributed by atoms with van der Waals surface area (Å²) in [5, 5.41) is 7.52. The van der Waals surface area contributed by atoms with Gasteiger partial charge in [0.05, 0.1) is 5.52 Å². The fourth-order valence-electron chi connectivity index (χ4n) is 3.55. The Kier molecular flexibility index (Phi) is 5.48. The monoisotopic (exact) mass is 342 g/mol. The second kappa shape index (κ2) is 7.78. The van der Waals surface area contributed by atoms with Crippen LogP contribution in [0.3, 0.4) is 0 Å². The molecule has 6 heteroatoms. The van der Waals surface area contributed by atoms with E-state index in [1.165, 1.54) is 12.8 Å². The number of para-hydroxylation sites is 1. The van der Waals surface area contributed by atoms with E-state index >= 15 is 0 Å². The van der Waals surface area contributed by atoms with Crippen molar-refractivity contribution >= 4 is 16.8 Å². The third kappa shape index (κ3) is 4.07. The number of fused-ring (bicyclic) bond motifs is 1. The molecule has 2 heterocycles. The van der Waals surface area contributed by atoms with Gasteiger partial charge in [0.2, 0.25) is 5.43 Å². The van der Waals surface area contributed by atoms with Crippen LogP contribution >= 0.6 is 0 Å². The maximum atomic E-state index is 12.5. The van der Waals surface area contributed by atoms with Crippen LogP contribution in [0.2, 0.25) is 0 Å². The molecule has 2 aromatic rings. The van der Waals surface area contributed by atoms with Crippen molar-refractivity contribution in [3.63, 3.8) is 0 Å². The van der Waals surface area contributed by atoms with E-state index in [4.69, 9.17) is 0 Å². The molecule has 0 bridgehead atoms. The molecule has 1 saturated heterocycles. The molecule has 134 valence electrons. The minimum absolute atomic E-state index is 0.0344. The molecule has 6 nitrogen and oxygen atoms in total. The molecule has 0 aliphatic carbocycles. The summed E-state index contributed by atoms with van der Waals surface area (Å²) < 4.78 is 1.58. The van der Waals surface area contributed by atoms with Crippen LogP contribution in [-0.2, 0) is 7.05 Å². The van der Waals surface area contributed by atoms with Crippen molar-refractivity contribution in [3.8, 4) is 0 Å². The normalized spacial score (nSPS) is 18.4. The zero-order valence-corrected chi connectivity index (χ0v) is 15.0. The molecule has 0 saturated carbocycles. The number of benzene rings is 1. The molecule has 1 aliphatic heterocycles. The van der Waals surface area contributed by atoms with Crippen molar-refractivity contribution in [1.29, 1.82) is 0 Å². The predicted octanol–water partition coefficient (Wildman–Crippen LogP) is 1.79. The Hall–Kier alpha value is -2.21. The van der Waals surface area contributed by atoms with E-state index < -0.39 is 5.91 Å². The van der Waals surface area contributed by atoms with Crippen molar-refractivity contribution < 1.29 is 4.79 Å². The Balaban J connectivity index is 1.59. The zero-order valence-electron chi connectivity index (χ0n) is 15.0. The highest BCUT2D eigenvalue weighted by Crippen LogP contribution is 2.15. The fraction of sp³-hybridized carbons (Fsp3) is 0.526. The number of aromatic nitrogens is 2. The van der Waals surface area contributed by atoms with E-state index in [2.05, 4.69) is 22.2 Å². The molecule has 1 aliphatic rings. The maximum absolute atomic E-state index is 12.5. The van der Waals surface area contributed by atoms with Gasteiger partial charge in [-0.3, -0.25) is 14.3 Å². The molecule has 1 amide bonds. The predicted molar refractivity (Wildman–Crippen MR) is 98.8 cm³/mol. The van der Waals surface area contributed by atoms with Gasteiger partial charge in [0.25, 0.3) is 5.91 Å². The smallest absolute Gasteiger partial charge is 0.275 e. The number of carbonyl (C=O) groups excluding carboxylic acids is 1. The van der Waals surface area contributed by atoms with Gasteiger partial charge in [0.1, 0.15) is 0 Å². The topological polar surface area (TPSA) is 67.2 Å².